The average molecular weight is 400 g/mol. The van der Waals surface area contributed by atoms with E-state index in [1.807, 2.05) is 12.5 Å². The van der Waals surface area contributed by atoms with Gasteiger partial charge in [-0.15, -0.1) is 0 Å². The number of piperidine rings is 1. The van der Waals surface area contributed by atoms with Gasteiger partial charge < -0.3 is 9.67 Å². The third kappa shape index (κ3) is 2.00. The summed E-state index contributed by atoms with van der Waals surface area (Å²) >= 11 is 0. The number of aliphatic hydroxyl groups excluding tert-OH is 1. The van der Waals surface area contributed by atoms with Gasteiger partial charge in [-0.1, -0.05) is 24.3 Å². The summed E-state index contributed by atoms with van der Waals surface area (Å²) in [6, 6.07) is 8.56. The molecule has 0 amide bonds. The van der Waals surface area contributed by atoms with Crippen molar-refractivity contribution in [3.05, 3.63) is 42.4 Å². The number of nitrogens with zero attached hydrogens (tertiary/aromatic N) is 3. The number of aliphatic hydroxyl groups is 1. The Morgan fingerprint density at radius 2 is 1.89 bits per heavy atom. The molecule has 2 saturated carbocycles. The first-order valence-electron chi connectivity index (χ1n) is 10.2. The largest absolute Gasteiger partial charge is 0.392 e. The molecule has 0 radical (unpaired) electrons. The van der Waals surface area contributed by atoms with Crippen LogP contribution in [-0.4, -0.2) is 52.8 Å². The van der Waals surface area contributed by atoms with Crippen LogP contribution < -0.4 is 0 Å². The lowest BCUT2D eigenvalue weighted by molar-refractivity contribution is -0.190. The van der Waals surface area contributed by atoms with Gasteiger partial charge in [-0.3, -0.25) is 0 Å². The second kappa shape index (κ2) is 5.46. The normalized spacial score (nSPS) is 39.0. The Labute approximate surface area is 165 Å². The van der Waals surface area contributed by atoms with Gasteiger partial charge in [0, 0.05) is 30.0 Å². The van der Waals surface area contributed by atoms with Gasteiger partial charge >= 0.3 is 0 Å². The Morgan fingerprint density at radius 3 is 2.57 bits per heavy atom. The summed E-state index contributed by atoms with van der Waals surface area (Å²) in [5.74, 6) is 0.696. The van der Waals surface area contributed by atoms with Crippen LogP contribution in [0.2, 0.25) is 0 Å². The molecular formula is C21H25N3O3S. The van der Waals surface area contributed by atoms with Crippen LogP contribution in [0.1, 0.15) is 30.9 Å². The maximum Gasteiger partial charge on any atom is 0.211 e. The Bertz CT molecular complexity index is 1050. The Hall–Kier alpha value is -1.70. The van der Waals surface area contributed by atoms with Crippen molar-refractivity contribution in [2.45, 2.75) is 31.4 Å². The number of hydrogen-bond acceptors (Lipinski definition) is 4. The van der Waals surface area contributed by atoms with Crippen molar-refractivity contribution in [2.75, 3.05) is 19.3 Å². The first kappa shape index (κ1) is 17.2. The molecule has 5 unspecified atom stereocenters. The zero-order chi connectivity index (χ0) is 19.3. The molecule has 2 aliphatic heterocycles. The maximum atomic E-state index is 12.1. The highest BCUT2D eigenvalue weighted by Crippen LogP contribution is 2.67. The van der Waals surface area contributed by atoms with Gasteiger partial charge in [-0.25, -0.2) is 17.7 Å². The first-order valence-corrected chi connectivity index (χ1v) is 12.0. The van der Waals surface area contributed by atoms with Crippen molar-refractivity contribution < 1.29 is 13.5 Å². The summed E-state index contributed by atoms with van der Waals surface area (Å²) < 4.78 is 28.0. The number of aromatic nitrogens is 2. The molecule has 1 aromatic carbocycles. The zero-order valence-electron chi connectivity index (χ0n) is 15.9. The molecule has 148 valence electrons. The molecule has 6 rings (SSSR count). The summed E-state index contributed by atoms with van der Waals surface area (Å²) in [6.45, 7) is 1.13. The fraction of sp³-hybridized carbons (Fsp3) is 0.571. The van der Waals surface area contributed by atoms with E-state index in [0.717, 1.165) is 25.0 Å². The molecule has 3 heterocycles. The van der Waals surface area contributed by atoms with Crippen molar-refractivity contribution in [3.63, 3.8) is 0 Å². The second-order valence-corrected chi connectivity index (χ2v) is 11.2. The molecule has 1 N–H and O–H groups in total. The van der Waals surface area contributed by atoms with E-state index in [9.17, 15) is 13.5 Å². The third-order valence-electron chi connectivity index (χ3n) is 8.17. The molecule has 2 aliphatic carbocycles. The van der Waals surface area contributed by atoms with E-state index in [4.69, 9.17) is 0 Å². The quantitative estimate of drug-likeness (QED) is 0.839. The molecule has 28 heavy (non-hydrogen) atoms. The molecule has 7 heteroatoms. The third-order valence-corrected chi connectivity index (χ3v) is 9.41. The number of imidazole rings is 1. The van der Waals surface area contributed by atoms with Gasteiger partial charge in [-0.2, -0.15) is 0 Å². The summed E-state index contributed by atoms with van der Waals surface area (Å²) in [5, 5.41) is 11.5. The predicted molar refractivity (Wildman–Crippen MR) is 105 cm³/mol. The minimum Gasteiger partial charge on any atom is -0.392 e. The number of hydrogen-bond donors (Lipinski definition) is 1. The summed E-state index contributed by atoms with van der Waals surface area (Å²) in [5.41, 5.74) is 3.51. The van der Waals surface area contributed by atoms with Crippen molar-refractivity contribution in [3.8, 4) is 11.3 Å². The smallest absolute Gasteiger partial charge is 0.211 e. The van der Waals surface area contributed by atoms with Crippen LogP contribution in [-0.2, 0) is 10.0 Å². The van der Waals surface area contributed by atoms with Crippen LogP contribution in [0.4, 0.5) is 0 Å². The molecular weight excluding hydrogens is 374 g/mol. The van der Waals surface area contributed by atoms with Crippen LogP contribution in [0.5, 0.6) is 0 Å². The van der Waals surface area contributed by atoms with Gasteiger partial charge in [0.15, 0.2) is 0 Å². The summed E-state index contributed by atoms with van der Waals surface area (Å²) in [6.07, 6.45) is 7.74. The molecule has 1 aromatic heterocycles. The van der Waals surface area contributed by atoms with Crippen LogP contribution in [0, 0.1) is 23.2 Å². The second-order valence-electron chi connectivity index (χ2n) is 9.19. The SMILES string of the molecule is CS(=O)(=O)N1CC2CCC(C1)C21CC(C2c3ccccc3-c3cncn32)C1O. The fourth-order valence-corrected chi connectivity index (χ4v) is 7.82. The number of benzene rings is 1. The van der Waals surface area contributed by atoms with Gasteiger partial charge in [0.1, 0.15) is 0 Å². The van der Waals surface area contributed by atoms with Gasteiger partial charge in [-0.05, 0) is 36.7 Å². The van der Waals surface area contributed by atoms with E-state index in [2.05, 4.69) is 33.8 Å². The van der Waals surface area contributed by atoms with E-state index >= 15 is 0 Å². The fourth-order valence-electron chi connectivity index (χ4n) is 6.92. The Morgan fingerprint density at radius 1 is 1.18 bits per heavy atom. The van der Waals surface area contributed by atoms with Crippen molar-refractivity contribution in [1.29, 1.82) is 0 Å². The monoisotopic (exact) mass is 399 g/mol. The van der Waals surface area contributed by atoms with E-state index < -0.39 is 16.1 Å². The maximum absolute atomic E-state index is 12.1. The predicted octanol–water partition coefficient (Wildman–Crippen LogP) is 2.12. The first-order chi connectivity index (χ1) is 13.4. The van der Waals surface area contributed by atoms with Gasteiger partial charge in [0.25, 0.3) is 0 Å². The lowest BCUT2D eigenvalue weighted by Crippen LogP contribution is -2.65. The Kier molecular flexibility index (Phi) is 3.35. The van der Waals surface area contributed by atoms with Crippen LogP contribution in [0.15, 0.2) is 36.8 Å². The minimum absolute atomic E-state index is 0.107. The highest BCUT2D eigenvalue weighted by molar-refractivity contribution is 7.88. The average Bonchev–Trinajstić information content (AvgIpc) is 3.29. The Balaban J connectivity index is 1.33. The number of fused-ring (bicyclic) bond motifs is 3. The van der Waals surface area contributed by atoms with Crippen molar-refractivity contribution in [2.24, 2.45) is 23.2 Å². The standard InChI is InChI=1S/C21H25N3O3S/c1-28(26,27)23-10-13-6-7-14(11-23)21(13)8-17(20(21)25)19-16-5-3-2-4-15(16)18-9-22-12-24(18)19/h2-5,9,12-14,17,19-20,25H,6-8,10-11H2,1H3. The summed E-state index contributed by atoms with van der Waals surface area (Å²) in [4.78, 5) is 4.35. The van der Waals surface area contributed by atoms with Gasteiger partial charge in [0.05, 0.1) is 36.6 Å². The van der Waals surface area contributed by atoms with Crippen LogP contribution in [0.3, 0.4) is 0 Å². The van der Waals surface area contributed by atoms with E-state index in [-0.39, 0.29) is 29.2 Å². The van der Waals surface area contributed by atoms with Crippen LogP contribution >= 0.6 is 0 Å². The van der Waals surface area contributed by atoms with E-state index in [0.29, 0.717) is 13.1 Å². The molecule has 4 aliphatic rings. The topological polar surface area (TPSA) is 75.4 Å². The molecule has 5 atom stereocenters. The molecule has 2 aromatic rings. The molecule has 6 nitrogen and oxygen atoms in total. The number of sulfonamides is 1. The number of rotatable bonds is 2. The van der Waals surface area contributed by atoms with Crippen molar-refractivity contribution in [1.82, 2.24) is 13.9 Å². The molecule has 2 bridgehead atoms. The van der Waals surface area contributed by atoms with Gasteiger partial charge in [0.2, 0.25) is 10.0 Å². The molecule has 1 spiro atoms. The molecule has 1 saturated heterocycles. The summed E-state index contributed by atoms with van der Waals surface area (Å²) in [7, 11) is -3.17. The highest BCUT2D eigenvalue weighted by atomic mass is 32.2. The van der Waals surface area contributed by atoms with E-state index in [1.165, 1.54) is 17.4 Å². The zero-order valence-corrected chi connectivity index (χ0v) is 16.7. The minimum atomic E-state index is -3.17. The molecule has 3 fully saturated rings. The lowest BCUT2D eigenvalue weighted by Gasteiger charge is -2.61. The highest BCUT2D eigenvalue weighted by Gasteiger charge is 2.67. The van der Waals surface area contributed by atoms with Crippen LogP contribution in [0.25, 0.3) is 11.3 Å². The van der Waals surface area contributed by atoms with Crippen molar-refractivity contribution >= 4 is 10.0 Å². The van der Waals surface area contributed by atoms with E-state index in [1.54, 1.807) is 4.31 Å². The lowest BCUT2D eigenvalue weighted by atomic mass is 9.48.